The molecule has 4 aromatic rings. The number of ether oxygens (including phenoxy) is 1. The van der Waals surface area contributed by atoms with E-state index in [0.717, 1.165) is 5.56 Å². The molecule has 0 aliphatic carbocycles. The highest BCUT2D eigenvalue weighted by atomic mass is 32.2. The third kappa shape index (κ3) is 4.55. The lowest BCUT2D eigenvalue weighted by atomic mass is 10.1. The number of carbonyl (C=O) groups excluding carboxylic acids is 1. The first kappa shape index (κ1) is 19.8. The van der Waals surface area contributed by atoms with Crippen molar-refractivity contribution >= 4 is 23.4 Å². The number of carbonyl (C=O) groups is 1. The van der Waals surface area contributed by atoms with E-state index in [4.69, 9.17) is 13.6 Å². The van der Waals surface area contributed by atoms with Crippen LogP contribution in [-0.4, -0.2) is 22.7 Å². The van der Waals surface area contributed by atoms with Crippen molar-refractivity contribution < 1.29 is 18.4 Å². The monoisotopic (exact) mass is 421 g/mol. The highest BCUT2D eigenvalue weighted by Gasteiger charge is 2.26. The maximum absolute atomic E-state index is 13.2. The van der Waals surface area contributed by atoms with Crippen LogP contribution in [0, 0.1) is 0 Å². The lowest BCUT2D eigenvalue weighted by molar-refractivity contribution is -0.115. The average Bonchev–Trinajstić information content (AvgIpc) is 3.46. The van der Waals surface area contributed by atoms with E-state index < -0.39 is 5.25 Å². The zero-order chi connectivity index (χ0) is 20.8. The highest BCUT2D eigenvalue weighted by molar-refractivity contribution is 8.00. The Morgan fingerprint density at radius 2 is 1.87 bits per heavy atom. The molecule has 1 atom stereocenters. The fourth-order valence-corrected chi connectivity index (χ4v) is 3.68. The first-order valence-corrected chi connectivity index (χ1v) is 10.2. The van der Waals surface area contributed by atoms with Crippen LogP contribution >= 0.6 is 11.8 Å². The maximum Gasteiger partial charge on any atom is 0.284 e. The summed E-state index contributed by atoms with van der Waals surface area (Å²) in [6, 6.07) is 20.2. The number of amides is 1. The highest BCUT2D eigenvalue weighted by Crippen LogP contribution is 2.37. The molecule has 2 aromatic heterocycles. The largest absolute Gasteiger partial charge is 0.492 e. The van der Waals surface area contributed by atoms with Gasteiger partial charge in [0.05, 0.1) is 18.6 Å². The molecule has 0 fully saturated rings. The van der Waals surface area contributed by atoms with Crippen molar-refractivity contribution in [2.24, 2.45) is 0 Å². The summed E-state index contributed by atoms with van der Waals surface area (Å²) in [7, 11) is 0. The molecule has 30 heavy (non-hydrogen) atoms. The molecule has 0 spiro atoms. The Labute approximate surface area is 177 Å². The Balaban J connectivity index is 1.58. The standard InChI is InChI=1S/C22H19N3O4S/c1-2-27-17-12-7-6-11-16(17)23-20(26)19(15-9-4-3-5-10-15)30-22-25-24-21(29-22)18-13-8-14-28-18/h3-14,19H,2H2,1H3,(H,23,26). The van der Waals surface area contributed by atoms with Crippen LogP contribution < -0.4 is 10.1 Å². The SMILES string of the molecule is CCOc1ccccc1NC(=O)C(Sc1nnc(-c2ccco2)o1)c1ccccc1. The number of hydrogen-bond donors (Lipinski definition) is 1. The van der Waals surface area contributed by atoms with Crippen LogP contribution in [0.3, 0.4) is 0 Å². The summed E-state index contributed by atoms with van der Waals surface area (Å²) in [4.78, 5) is 13.2. The van der Waals surface area contributed by atoms with E-state index in [-0.39, 0.29) is 17.0 Å². The van der Waals surface area contributed by atoms with Crippen molar-refractivity contribution in [3.63, 3.8) is 0 Å². The van der Waals surface area contributed by atoms with Gasteiger partial charge in [0.2, 0.25) is 5.91 Å². The number of furan rings is 1. The zero-order valence-electron chi connectivity index (χ0n) is 16.1. The fourth-order valence-electron chi connectivity index (χ4n) is 2.81. The molecule has 0 aliphatic rings. The minimum Gasteiger partial charge on any atom is -0.492 e. The molecular formula is C22H19N3O4S. The van der Waals surface area contributed by atoms with Gasteiger partial charge in [0.15, 0.2) is 5.76 Å². The normalized spacial score (nSPS) is 11.8. The number of thioether (sulfide) groups is 1. The van der Waals surface area contributed by atoms with Crippen molar-refractivity contribution in [2.75, 3.05) is 11.9 Å². The number of para-hydroxylation sites is 2. The Hall–Kier alpha value is -3.52. The zero-order valence-corrected chi connectivity index (χ0v) is 17.0. The molecule has 0 saturated heterocycles. The summed E-state index contributed by atoms with van der Waals surface area (Å²) in [5.41, 5.74) is 1.42. The predicted molar refractivity (Wildman–Crippen MR) is 113 cm³/mol. The third-order valence-corrected chi connectivity index (χ3v) is 5.23. The van der Waals surface area contributed by atoms with Crippen molar-refractivity contribution in [2.45, 2.75) is 17.4 Å². The van der Waals surface area contributed by atoms with Gasteiger partial charge in [0.25, 0.3) is 11.1 Å². The lowest BCUT2D eigenvalue weighted by Crippen LogP contribution is -2.19. The van der Waals surface area contributed by atoms with Gasteiger partial charge >= 0.3 is 0 Å². The predicted octanol–water partition coefficient (Wildman–Crippen LogP) is 5.20. The van der Waals surface area contributed by atoms with Crippen LogP contribution in [0.2, 0.25) is 0 Å². The topological polar surface area (TPSA) is 90.4 Å². The van der Waals surface area contributed by atoms with Gasteiger partial charge in [-0.2, -0.15) is 0 Å². The molecule has 0 bridgehead atoms. The van der Waals surface area contributed by atoms with Crippen LogP contribution in [0.25, 0.3) is 11.7 Å². The number of anilines is 1. The molecule has 152 valence electrons. The van der Waals surface area contributed by atoms with Gasteiger partial charge in [-0.15, -0.1) is 10.2 Å². The molecule has 1 amide bonds. The lowest BCUT2D eigenvalue weighted by Gasteiger charge is -2.17. The van der Waals surface area contributed by atoms with Crippen molar-refractivity contribution in [1.29, 1.82) is 0 Å². The van der Waals surface area contributed by atoms with E-state index in [0.29, 0.717) is 23.8 Å². The van der Waals surface area contributed by atoms with Gasteiger partial charge in [0.1, 0.15) is 11.0 Å². The second-order valence-electron chi connectivity index (χ2n) is 6.18. The van der Waals surface area contributed by atoms with Crippen LogP contribution in [0.5, 0.6) is 5.75 Å². The van der Waals surface area contributed by atoms with Crippen LogP contribution in [0.4, 0.5) is 5.69 Å². The minimum atomic E-state index is -0.606. The van der Waals surface area contributed by atoms with Gasteiger partial charge in [-0.1, -0.05) is 42.5 Å². The van der Waals surface area contributed by atoms with Gasteiger partial charge in [-0.05, 0) is 48.5 Å². The molecule has 2 aromatic carbocycles. The molecule has 1 N–H and O–H groups in total. The molecule has 0 aliphatic heterocycles. The Kier molecular flexibility index (Phi) is 6.14. The smallest absolute Gasteiger partial charge is 0.284 e. The molecule has 1 unspecified atom stereocenters. The van der Waals surface area contributed by atoms with E-state index in [2.05, 4.69) is 15.5 Å². The number of benzene rings is 2. The van der Waals surface area contributed by atoms with Gasteiger partial charge < -0.3 is 18.9 Å². The number of nitrogens with one attached hydrogen (secondary N) is 1. The quantitative estimate of drug-likeness (QED) is 0.391. The minimum absolute atomic E-state index is 0.226. The molecule has 0 saturated carbocycles. The summed E-state index contributed by atoms with van der Waals surface area (Å²) in [5.74, 6) is 1.12. The van der Waals surface area contributed by atoms with Crippen LogP contribution in [0.1, 0.15) is 17.7 Å². The summed E-state index contributed by atoms with van der Waals surface area (Å²) in [5, 5.41) is 10.7. The van der Waals surface area contributed by atoms with E-state index >= 15 is 0 Å². The first-order valence-electron chi connectivity index (χ1n) is 9.36. The molecular weight excluding hydrogens is 402 g/mol. The number of nitrogens with zero attached hydrogens (tertiary/aromatic N) is 2. The third-order valence-electron chi connectivity index (χ3n) is 4.14. The molecule has 4 rings (SSSR count). The van der Waals surface area contributed by atoms with E-state index in [1.165, 1.54) is 18.0 Å². The number of rotatable bonds is 8. The van der Waals surface area contributed by atoms with Crippen LogP contribution in [-0.2, 0) is 4.79 Å². The Morgan fingerprint density at radius 1 is 1.07 bits per heavy atom. The first-order chi connectivity index (χ1) is 14.7. The Morgan fingerprint density at radius 3 is 2.63 bits per heavy atom. The molecule has 2 heterocycles. The van der Waals surface area contributed by atoms with E-state index in [1.54, 1.807) is 18.2 Å². The van der Waals surface area contributed by atoms with Crippen molar-refractivity contribution in [3.05, 3.63) is 78.6 Å². The maximum atomic E-state index is 13.2. The molecule has 7 nitrogen and oxygen atoms in total. The second-order valence-corrected chi connectivity index (χ2v) is 7.23. The van der Waals surface area contributed by atoms with Gasteiger partial charge in [-0.3, -0.25) is 4.79 Å². The average molecular weight is 421 g/mol. The number of aromatic nitrogens is 2. The summed E-state index contributed by atoms with van der Waals surface area (Å²) < 4.78 is 16.6. The fraction of sp³-hybridized carbons (Fsp3) is 0.136. The molecule has 8 heteroatoms. The summed E-state index contributed by atoms with van der Waals surface area (Å²) in [6.45, 7) is 2.40. The summed E-state index contributed by atoms with van der Waals surface area (Å²) >= 11 is 1.17. The van der Waals surface area contributed by atoms with Crippen LogP contribution in [0.15, 0.2) is 87.1 Å². The second kappa shape index (κ2) is 9.32. The summed E-state index contributed by atoms with van der Waals surface area (Å²) in [6.07, 6.45) is 1.53. The van der Waals surface area contributed by atoms with E-state index in [1.807, 2.05) is 55.5 Å². The Bertz CT molecular complexity index is 1100. The number of hydrogen-bond acceptors (Lipinski definition) is 7. The molecule has 0 radical (unpaired) electrons. The van der Waals surface area contributed by atoms with Crippen molar-refractivity contribution in [1.82, 2.24) is 10.2 Å². The van der Waals surface area contributed by atoms with Crippen molar-refractivity contribution in [3.8, 4) is 17.4 Å². The van der Waals surface area contributed by atoms with Gasteiger partial charge in [-0.25, -0.2) is 0 Å². The van der Waals surface area contributed by atoms with Gasteiger partial charge in [0, 0.05) is 0 Å². The van der Waals surface area contributed by atoms with E-state index in [9.17, 15) is 4.79 Å².